The normalized spacial score (nSPS) is 12.0. The summed E-state index contributed by atoms with van der Waals surface area (Å²) in [5.74, 6) is 0.362. The van der Waals surface area contributed by atoms with Gasteiger partial charge in [0.05, 0.1) is 12.9 Å². The van der Waals surface area contributed by atoms with E-state index in [4.69, 9.17) is 51.1 Å². The lowest BCUT2D eigenvalue weighted by Crippen LogP contribution is -2.14. The summed E-state index contributed by atoms with van der Waals surface area (Å²) in [6.07, 6.45) is 4.48. The van der Waals surface area contributed by atoms with Crippen molar-refractivity contribution < 1.29 is 9.53 Å². The van der Waals surface area contributed by atoms with E-state index in [2.05, 4.69) is 4.98 Å². The van der Waals surface area contributed by atoms with Gasteiger partial charge in [0.25, 0.3) is 0 Å². The molecule has 1 aromatic heterocycles. The van der Waals surface area contributed by atoms with Crippen molar-refractivity contribution in [1.29, 1.82) is 0 Å². The van der Waals surface area contributed by atoms with Gasteiger partial charge in [0.2, 0.25) is 0 Å². The second-order valence-corrected chi connectivity index (χ2v) is 8.40. The van der Waals surface area contributed by atoms with Gasteiger partial charge in [-0.3, -0.25) is 0 Å². The Kier molecular flexibility index (Phi) is 7.55. The average Bonchev–Trinajstić information content (AvgIpc) is 3.13. The lowest BCUT2D eigenvalue weighted by Gasteiger charge is -2.20. The molecule has 146 valence electrons. The van der Waals surface area contributed by atoms with Crippen LogP contribution in [0, 0.1) is 0 Å². The smallest absolute Gasteiger partial charge is 0.368 e. The number of benzene rings is 2. The summed E-state index contributed by atoms with van der Waals surface area (Å²) in [5.41, 5.74) is 1.46. The van der Waals surface area contributed by atoms with E-state index in [1.807, 2.05) is 4.57 Å². The summed E-state index contributed by atoms with van der Waals surface area (Å²) in [6, 6.07) is 10.2. The van der Waals surface area contributed by atoms with Crippen molar-refractivity contribution in [3.63, 3.8) is 0 Å². The fourth-order valence-corrected chi connectivity index (χ4v) is 4.27. The minimum absolute atomic E-state index is 0.362. The fraction of sp³-hybridized carbons (Fsp3) is 0.158. The second kappa shape index (κ2) is 9.90. The maximum atomic E-state index is 12.5. The lowest BCUT2D eigenvalue weighted by atomic mass is 10.1. The van der Waals surface area contributed by atoms with Gasteiger partial charge in [-0.2, -0.15) is 0 Å². The van der Waals surface area contributed by atoms with Crippen LogP contribution in [0.4, 0.5) is 4.79 Å². The largest absolute Gasteiger partial charge is 0.447 e. The molecule has 0 aliphatic carbocycles. The highest BCUT2D eigenvalue weighted by atomic mass is 35.5. The molecule has 0 aliphatic heterocycles. The molecule has 0 fully saturated rings. The molecule has 0 saturated heterocycles. The monoisotopic (exact) mass is 474 g/mol. The van der Waals surface area contributed by atoms with Crippen LogP contribution < -0.4 is 0 Å². The van der Waals surface area contributed by atoms with Crippen molar-refractivity contribution >= 4 is 63.5 Å². The average molecular weight is 476 g/mol. The second-order valence-electron chi connectivity index (χ2n) is 5.81. The van der Waals surface area contributed by atoms with Gasteiger partial charge in [0.1, 0.15) is 6.10 Å². The van der Waals surface area contributed by atoms with Crippen molar-refractivity contribution in [2.24, 2.45) is 0 Å². The van der Waals surface area contributed by atoms with E-state index >= 15 is 0 Å². The van der Waals surface area contributed by atoms with Crippen LogP contribution >= 0.6 is 58.2 Å². The number of hydrogen-bond donors (Lipinski definition) is 0. The Bertz CT molecular complexity index is 967. The van der Waals surface area contributed by atoms with Crippen LogP contribution in [0.2, 0.25) is 20.1 Å². The van der Waals surface area contributed by atoms with Gasteiger partial charge in [-0.05, 0) is 41.6 Å². The molecule has 3 rings (SSSR count). The summed E-state index contributed by atoms with van der Waals surface area (Å²) in [5, 5.41) is 1.54. The summed E-state index contributed by atoms with van der Waals surface area (Å²) in [4.78, 5) is 16.5. The molecular weight excluding hydrogens is 462 g/mol. The van der Waals surface area contributed by atoms with Gasteiger partial charge < -0.3 is 9.30 Å². The van der Waals surface area contributed by atoms with Crippen molar-refractivity contribution in [1.82, 2.24) is 9.55 Å². The maximum Gasteiger partial charge on any atom is 0.368 e. The zero-order chi connectivity index (χ0) is 20.1. The number of nitrogens with zero attached hydrogens (tertiary/aromatic N) is 2. The first kappa shape index (κ1) is 21.3. The van der Waals surface area contributed by atoms with E-state index < -0.39 is 11.4 Å². The minimum atomic E-state index is -0.598. The van der Waals surface area contributed by atoms with Crippen molar-refractivity contribution in [2.45, 2.75) is 18.4 Å². The van der Waals surface area contributed by atoms with E-state index in [9.17, 15) is 4.79 Å². The third kappa shape index (κ3) is 5.82. The number of hydrogen-bond acceptors (Lipinski definition) is 4. The van der Waals surface area contributed by atoms with Gasteiger partial charge in [-0.25, -0.2) is 9.78 Å². The van der Waals surface area contributed by atoms with Crippen LogP contribution in [-0.2, 0) is 17.0 Å². The number of thioether (sulfide) groups is 1. The topological polar surface area (TPSA) is 44.1 Å². The van der Waals surface area contributed by atoms with Crippen LogP contribution in [-0.4, -0.2) is 14.9 Å². The molecule has 28 heavy (non-hydrogen) atoms. The predicted octanol–water partition coefficient (Wildman–Crippen LogP) is 7.31. The van der Waals surface area contributed by atoms with E-state index in [1.54, 1.807) is 55.1 Å². The van der Waals surface area contributed by atoms with Crippen molar-refractivity contribution in [2.75, 3.05) is 0 Å². The van der Waals surface area contributed by atoms with E-state index in [0.29, 0.717) is 38.0 Å². The Balaban J connectivity index is 1.72. The molecule has 3 aromatic rings. The standard InChI is InChI=1S/C19H14Cl4N2O2S/c20-13-2-1-12(16(22)7-13)10-28-19(26)27-18(9-25-6-5-24-11-25)15-4-3-14(21)8-17(15)23/h1-8,11,18H,9-10H2. The van der Waals surface area contributed by atoms with E-state index in [1.165, 1.54) is 0 Å². The summed E-state index contributed by atoms with van der Waals surface area (Å²) in [6.45, 7) is 0.370. The van der Waals surface area contributed by atoms with E-state index in [-0.39, 0.29) is 0 Å². The van der Waals surface area contributed by atoms with Gasteiger partial charge in [-0.1, -0.05) is 58.5 Å². The number of carbonyl (C=O) groups is 1. The zero-order valence-corrected chi connectivity index (χ0v) is 18.2. The fourth-order valence-electron chi connectivity index (χ4n) is 2.47. The summed E-state index contributed by atoms with van der Waals surface area (Å²) >= 11 is 25.4. The van der Waals surface area contributed by atoms with Gasteiger partial charge in [-0.15, -0.1) is 0 Å². The van der Waals surface area contributed by atoms with Gasteiger partial charge in [0, 0.05) is 43.8 Å². The number of ether oxygens (including phenoxy) is 1. The van der Waals surface area contributed by atoms with Gasteiger partial charge >= 0.3 is 5.30 Å². The minimum Gasteiger partial charge on any atom is -0.447 e. The Morgan fingerprint density at radius 2 is 1.79 bits per heavy atom. The number of carbonyl (C=O) groups excluding carboxylic acids is 1. The quantitative estimate of drug-likeness (QED) is 0.350. The highest BCUT2D eigenvalue weighted by Gasteiger charge is 2.21. The SMILES string of the molecule is O=C(OC(Cn1ccnc1)c1ccc(Cl)cc1Cl)SCc1ccc(Cl)cc1Cl. The highest BCUT2D eigenvalue weighted by molar-refractivity contribution is 8.12. The van der Waals surface area contributed by atoms with Crippen LogP contribution in [0.25, 0.3) is 0 Å². The number of aromatic nitrogens is 2. The third-order valence-corrected chi connectivity index (χ3v) is 5.78. The molecule has 1 heterocycles. The number of rotatable bonds is 6. The predicted molar refractivity (Wildman–Crippen MR) is 116 cm³/mol. The molecule has 0 spiro atoms. The molecule has 0 N–H and O–H groups in total. The molecule has 9 heteroatoms. The summed E-state index contributed by atoms with van der Waals surface area (Å²) < 4.78 is 7.50. The van der Waals surface area contributed by atoms with E-state index in [0.717, 1.165) is 17.3 Å². The van der Waals surface area contributed by atoms with Crippen molar-refractivity contribution in [3.05, 3.63) is 86.3 Å². The first-order valence-corrected chi connectivity index (χ1v) is 10.6. The Morgan fingerprint density at radius 3 is 2.43 bits per heavy atom. The molecule has 0 radical (unpaired) electrons. The van der Waals surface area contributed by atoms with Gasteiger partial charge in [0.15, 0.2) is 0 Å². The van der Waals surface area contributed by atoms with Crippen LogP contribution in [0.15, 0.2) is 55.1 Å². The maximum absolute atomic E-state index is 12.5. The molecule has 2 aromatic carbocycles. The highest BCUT2D eigenvalue weighted by Crippen LogP contribution is 2.32. The Labute approximate surface area is 186 Å². The Hall–Kier alpha value is -1.37. The first-order chi connectivity index (χ1) is 13.4. The van der Waals surface area contributed by atoms with Crippen LogP contribution in [0.5, 0.6) is 0 Å². The molecule has 1 atom stereocenters. The molecule has 1 unspecified atom stereocenters. The molecule has 0 aliphatic rings. The Morgan fingerprint density at radius 1 is 1.07 bits per heavy atom. The zero-order valence-electron chi connectivity index (χ0n) is 14.3. The third-order valence-electron chi connectivity index (χ3n) is 3.84. The van der Waals surface area contributed by atoms with Crippen LogP contribution in [0.3, 0.4) is 0 Å². The molecule has 0 bridgehead atoms. The number of halogens is 4. The number of imidazole rings is 1. The molecule has 0 amide bonds. The first-order valence-electron chi connectivity index (χ1n) is 8.10. The van der Waals surface area contributed by atoms with Crippen molar-refractivity contribution in [3.8, 4) is 0 Å². The lowest BCUT2D eigenvalue weighted by molar-refractivity contribution is 0.111. The summed E-state index contributed by atoms with van der Waals surface area (Å²) in [7, 11) is 0. The molecule has 4 nitrogen and oxygen atoms in total. The molecule has 0 saturated carbocycles. The van der Waals surface area contributed by atoms with Crippen LogP contribution in [0.1, 0.15) is 17.2 Å². The molecular formula is C19H14Cl4N2O2S.